The van der Waals surface area contributed by atoms with Crippen molar-refractivity contribution in [2.75, 3.05) is 38.2 Å². The number of rotatable bonds is 12. The first-order valence-electron chi connectivity index (χ1n) is 9.48. The SMILES string of the molecule is COCCNS(=O)(=O)Nc1ncnc(OCCOc2ncc(Br)cn2)c1-c1ccc(Br)cc1. The number of ether oxygens (including phenoxy) is 3. The number of aromatic nitrogens is 4. The summed E-state index contributed by atoms with van der Waals surface area (Å²) in [5.74, 6) is 0.242. The normalized spacial score (nSPS) is 11.2. The lowest BCUT2D eigenvalue weighted by molar-refractivity contribution is 0.202. The summed E-state index contributed by atoms with van der Waals surface area (Å²) < 4.78 is 47.4. The Morgan fingerprint density at radius 3 is 2.30 bits per heavy atom. The van der Waals surface area contributed by atoms with Gasteiger partial charge in [-0.15, -0.1) is 0 Å². The van der Waals surface area contributed by atoms with Gasteiger partial charge in [-0.25, -0.2) is 19.9 Å². The molecule has 0 saturated carbocycles. The van der Waals surface area contributed by atoms with E-state index in [4.69, 9.17) is 14.2 Å². The summed E-state index contributed by atoms with van der Waals surface area (Å²) in [7, 11) is -2.43. The lowest BCUT2D eigenvalue weighted by atomic mass is 10.1. The van der Waals surface area contributed by atoms with Crippen LogP contribution in [0.3, 0.4) is 0 Å². The molecule has 2 N–H and O–H groups in total. The van der Waals surface area contributed by atoms with Gasteiger partial charge in [0.2, 0.25) is 5.88 Å². The predicted octanol–water partition coefficient (Wildman–Crippen LogP) is 2.81. The van der Waals surface area contributed by atoms with Gasteiger partial charge in [0.05, 0.1) is 16.6 Å². The molecule has 3 aromatic rings. The maximum absolute atomic E-state index is 12.4. The summed E-state index contributed by atoms with van der Waals surface area (Å²) >= 11 is 6.65. The number of nitrogens with one attached hydrogen (secondary N) is 2. The Bertz CT molecular complexity index is 1150. The molecule has 0 amide bonds. The first-order valence-corrected chi connectivity index (χ1v) is 12.6. The molecule has 0 spiro atoms. The third-order valence-electron chi connectivity index (χ3n) is 3.92. The number of hydrogen-bond donors (Lipinski definition) is 2. The summed E-state index contributed by atoms with van der Waals surface area (Å²) in [5.41, 5.74) is 1.03. The lowest BCUT2D eigenvalue weighted by Crippen LogP contribution is -2.33. The standard InChI is InChI=1S/C19H20Br2N6O5S/c1-30-7-6-26-33(28,29)27-17-16(13-2-4-14(20)5-3-13)18(25-12-24-17)31-8-9-32-19-22-10-15(21)11-23-19/h2-5,10-12,26H,6-9H2,1H3,(H,24,25,27). The van der Waals surface area contributed by atoms with Crippen molar-refractivity contribution in [1.82, 2.24) is 24.7 Å². The number of halogens is 2. The molecular weight excluding hydrogens is 584 g/mol. The van der Waals surface area contributed by atoms with Gasteiger partial charge in [0.15, 0.2) is 5.82 Å². The highest BCUT2D eigenvalue weighted by Crippen LogP contribution is 2.34. The molecule has 176 valence electrons. The molecule has 0 aliphatic rings. The van der Waals surface area contributed by atoms with Gasteiger partial charge in [-0.1, -0.05) is 28.1 Å². The fourth-order valence-corrected chi connectivity index (χ4v) is 3.82. The van der Waals surface area contributed by atoms with Crippen LogP contribution in [0.4, 0.5) is 5.82 Å². The largest absolute Gasteiger partial charge is 0.473 e. The van der Waals surface area contributed by atoms with Crippen LogP contribution in [0.1, 0.15) is 0 Å². The fourth-order valence-electron chi connectivity index (χ4n) is 2.52. The van der Waals surface area contributed by atoms with Crippen molar-refractivity contribution in [3.05, 3.63) is 51.9 Å². The van der Waals surface area contributed by atoms with E-state index in [1.54, 1.807) is 24.5 Å². The lowest BCUT2D eigenvalue weighted by Gasteiger charge is -2.16. The Morgan fingerprint density at radius 1 is 0.909 bits per heavy atom. The van der Waals surface area contributed by atoms with Crippen molar-refractivity contribution in [3.63, 3.8) is 0 Å². The summed E-state index contributed by atoms with van der Waals surface area (Å²) in [5, 5.41) is 0. The van der Waals surface area contributed by atoms with Gasteiger partial charge >= 0.3 is 6.01 Å². The molecule has 0 saturated heterocycles. The molecule has 33 heavy (non-hydrogen) atoms. The number of methoxy groups -OCH3 is 1. The quantitative estimate of drug-likeness (QED) is 0.299. The molecule has 2 aromatic heterocycles. The van der Waals surface area contributed by atoms with Gasteiger partial charge in [0.25, 0.3) is 10.2 Å². The van der Waals surface area contributed by atoms with Crippen molar-refractivity contribution < 1.29 is 22.6 Å². The van der Waals surface area contributed by atoms with E-state index >= 15 is 0 Å². The molecule has 0 radical (unpaired) electrons. The highest BCUT2D eigenvalue weighted by molar-refractivity contribution is 9.10. The number of anilines is 1. The van der Waals surface area contributed by atoms with Gasteiger partial charge in [0.1, 0.15) is 19.5 Å². The minimum atomic E-state index is -3.91. The molecule has 0 bridgehead atoms. The number of benzene rings is 1. The van der Waals surface area contributed by atoms with Crippen LogP contribution >= 0.6 is 31.9 Å². The summed E-state index contributed by atoms with van der Waals surface area (Å²) in [4.78, 5) is 16.3. The summed E-state index contributed by atoms with van der Waals surface area (Å²) in [6.07, 6.45) is 4.35. The van der Waals surface area contributed by atoms with Crippen LogP contribution in [-0.4, -0.2) is 61.8 Å². The zero-order chi connectivity index (χ0) is 23.7. The van der Waals surface area contributed by atoms with Crippen LogP contribution in [0.5, 0.6) is 11.9 Å². The second-order valence-corrected chi connectivity index (χ2v) is 9.61. The molecule has 0 aliphatic heterocycles. The Labute approximate surface area is 207 Å². The van der Waals surface area contributed by atoms with Gasteiger partial charge in [-0.3, -0.25) is 4.72 Å². The first-order chi connectivity index (χ1) is 15.9. The third-order valence-corrected chi connectivity index (χ3v) is 5.91. The third kappa shape index (κ3) is 7.85. The van der Waals surface area contributed by atoms with E-state index in [0.717, 1.165) is 8.95 Å². The molecule has 2 heterocycles. The average Bonchev–Trinajstić information content (AvgIpc) is 2.79. The summed E-state index contributed by atoms with van der Waals surface area (Å²) in [6.45, 7) is 0.577. The highest BCUT2D eigenvalue weighted by Gasteiger charge is 2.20. The van der Waals surface area contributed by atoms with Gasteiger partial charge < -0.3 is 14.2 Å². The van der Waals surface area contributed by atoms with Crippen LogP contribution in [0.25, 0.3) is 11.1 Å². The van der Waals surface area contributed by atoms with E-state index in [0.29, 0.717) is 11.1 Å². The second-order valence-electron chi connectivity index (χ2n) is 6.28. The maximum atomic E-state index is 12.4. The Hall–Kier alpha value is -2.39. The van der Waals surface area contributed by atoms with E-state index in [9.17, 15) is 8.42 Å². The molecule has 0 fully saturated rings. The Kier molecular flexibility index (Phi) is 9.31. The smallest absolute Gasteiger partial charge is 0.316 e. The first kappa shape index (κ1) is 25.2. The van der Waals surface area contributed by atoms with Gasteiger partial charge in [0, 0.05) is 30.5 Å². The second kappa shape index (κ2) is 12.2. The van der Waals surface area contributed by atoms with E-state index in [-0.39, 0.29) is 44.1 Å². The van der Waals surface area contributed by atoms with Gasteiger partial charge in [-0.05, 0) is 33.6 Å². The fraction of sp³-hybridized carbons (Fsp3) is 0.263. The van der Waals surface area contributed by atoms with Crippen LogP contribution in [-0.2, 0) is 14.9 Å². The zero-order valence-corrected chi connectivity index (χ0v) is 21.4. The molecule has 1 aromatic carbocycles. The maximum Gasteiger partial charge on any atom is 0.316 e. The van der Waals surface area contributed by atoms with E-state index in [1.807, 2.05) is 12.1 Å². The van der Waals surface area contributed by atoms with E-state index in [2.05, 4.69) is 61.2 Å². The van der Waals surface area contributed by atoms with Crippen molar-refractivity contribution >= 4 is 47.9 Å². The molecular formula is C19H20Br2N6O5S. The molecule has 14 heteroatoms. The molecule has 0 atom stereocenters. The minimum Gasteiger partial charge on any atom is -0.473 e. The van der Waals surface area contributed by atoms with Crippen LogP contribution in [0.2, 0.25) is 0 Å². The molecule has 3 rings (SSSR count). The van der Waals surface area contributed by atoms with Crippen molar-refractivity contribution in [2.24, 2.45) is 0 Å². The number of hydrogen-bond acceptors (Lipinski definition) is 9. The van der Waals surface area contributed by atoms with Crippen molar-refractivity contribution in [1.29, 1.82) is 0 Å². The average molecular weight is 604 g/mol. The predicted molar refractivity (Wildman–Crippen MR) is 128 cm³/mol. The molecule has 11 nitrogen and oxygen atoms in total. The van der Waals surface area contributed by atoms with Crippen LogP contribution < -0.4 is 18.9 Å². The number of nitrogens with zero attached hydrogens (tertiary/aromatic N) is 4. The van der Waals surface area contributed by atoms with Crippen LogP contribution in [0, 0.1) is 0 Å². The summed E-state index contributed by atoms with van der Waals surface area (Å²) in [6, 6.07) is 7.41. The highest BCUT2D eigenvalue weighted by atomic mass is 79.9. The van der Waals surface area contributed by atoms with E-state index < -0.39 is 10.2 Å². The molecule has 0 aliphatic carbocycles. The Balaban J connectivity index is 1.79. The minimum absolute atomic E-state index is 0.0596. The van der Waals surface area contributed by atoms with E-state index in [1.165, 1.54) is 13.4 Å². The zero-order valence-electron chi connectivity index (χ0n) is 17.4. The Morgan fingerprint density at radius 2 is 1.61 bits per heavy atom. The topological polar surface area (TPSA) is 137 Å². The van der Waals surface area contributed by atoms with Crippen molar-refractivity contribution in [2.45, 2.75) is 0 Å². The van der Waals surface area contributed by atoms with Gasteiger partial charge in [-0.2, -0.15) is 13.1 Å². The monoisotopic (exact) mass is 602 g/mol. The van der Waals surface area contributed by atoms with Crippen molar-refractivity contribution in [3.8, 4) is 23.0 Å². The molecule has 0 unspecified atom stereocenters. The van der Waals surface area contributed by atoms with Crippen LogP contribution in [0.15, 0.2) is 51.9 Å².